The normalized spacial score (nSPS) is 10.7. The zero-order chi connectivity index (χ0) is 9.42. The molecule has 2 nitrogen and oxygen atoms in total. The van der Waals surface area contributed by atoms with Gasteiger partial charge in [0.2, 0.25) is 0 Å². The Labute approximate surface area is 82.4 Å². The Hall–Kier alpha value is -1.03. The van der Waals surface area contributed by atoms with Crippen molar-refractivity contribution in [3.63, 3.8) is 0 Å². The van der Waals surface area contributed by atoms with Crippen LogP contribution in [0.25, 0.3) is 11.0 Å². The molecule has 0 aliphatic rings. The van der Waals surface area contributed by atoms with Crippen molar-refractivity contribution < 1.29 is 13.5 Å². The molecule has 1 heterocycles. The van der Waals surface area contributed by atoms with Crippen LogP contribution in [-0.4, -0.2) is 7.11 Å². The van der Waals surface area contributed by atoms with Gasteiger partial charge in [-0.05, 0) is 28.1 Å². The molecule has 0 N–H and O–H groups in total. The van der Waals surface area contributed by atoms with Gasteiger partial charge >= 0.3 is 0 Å². The number of hydrogen-bond donors (Lipinski definition) is 0. The third-order valence-corrected chi connectivity index (χ3v) is 2.39. The summed E-state index contributed by atoms with van der Waals surface area (Å²) in [5, 5.41) is 0.634. The molecular formula is C9H6BrFO2. The van der Waals surface area contributed by atoms with E-state index < -0.39 is 5.82 Å². The fourth-order valence-electron chi connectivity index (χ4n) is 1.25. The molecule has 68 valence electrons. The lowest BCUT2D eigenvalue weighted by Gasteiger charge is -2.03. The summed E-state index contributed by atoms with van der Waals surface area (Å²) in [6, 6.07) is 2.99. The molecule has 4 heteroatoms. The molecule has 13 heavy (non-hydrogen) atoms. The lowest BCUT2D eigenvalue weighted by atomic mass is 10.2. The van der Waals surface area contributed by atoms with Crippen molar-refractivity contribution in [2.24, 2.45) is 0 Å². The molecule has 0 amide bonds. The van der Waals surface area contributed by atoms with E-state index in [2.05, 4.69) is 15.9 Å². The standard InChI is InChI=1S/C9H6BrFO2/c1-12-8-5-2-3-13-9(5)7(11)4-6(8)10/h2-4H,1H3. The van der Waals surface area contributed by atoms with Gasteiger partial charge in [0, 0.05) is 0 Å². The first-order valence-electron chi connectivity index (χ1n) is 3.63. The number of furan rings is 1. The van der Waals surface area contributed by atoms with E-state index in [1.807, 2.05) is 0 Å². The van der Waals surface area contributed by atoms with Gasteiger partial charge in [-0.3, -0.25) is 0 Å². The second-order valence-electron chi connectivity index (χ2n) is 2.54. The number of hydrogen-bond acceptors (Lipinski definition) is 2. The molecule has 2 rings (SSSR count). The largest absolute Gasteiger partial charge is 0.495 e. The molecule has 0 spiro atoms. The van der Waals surface area contributed by atoms with Crippen molar-refractivity contribution in [2.75, 3.05) is 7.11 Å². The summed E-state index contributed by atoms with van der Waals surface area (Å²) in [6.45, 7) is 0. The van der Waals surface area contributed by atoms with Crippen LogP contribution in [0.3, 0.4) is 0 Å². The molecule has 0 bridgehead atoms. The van der Waals surface area contributed by atoms with Crippen LogP contribution in [0.2, 0.25) is 0 Å². The van der Waals surface area contributed by atoms with E-state index in [1.54, 1.807) is 6.07 Å². The van der Waals surface area contributed by atoms with Gasteiger partial charge in [0.15, 0.2) is 11.4 Å². The van der Waals surface area contributed by atoms with Gasteiger partial charge in [0.05, 0.1) is 23.2 Å². The maximum absolute atomic E-state index is 13.2. The van der Waals surface area contributed by atoms with Crippen molar-refractivity contribution in [3.05, 3.63) is 28.7 Å². The highest BCUT2D eigenvalue weighted by atomic mass is 79.9. The summed E-state index contributed by atoms with van der Waals surface area (Å²) in [6.07, 6.45) is 1.43. The zero-order valence-electron chi connectivity index (χ0n) is 6.80. The number of methoxy groups -OCH3 is 1. The smallest absolute Gasteiger partial charge is 0.173 e. The lowest BCUT2D eigenvalue weighted by Crippen LogP contribution is -1.86. The number of halogens is 2. The highest BCUT2D eigenvalue weighted by Gasteiger charge is 2.13. The van der Waals surface area contributed by atoms with Crippen molar-refractivity contribution >= 4 is 26.9 Å². The van der Waals surface area contributed by atoms with Gasteiger partial charge in [0.1, 0.15) is 5.75 Å². The Kier molecular flexibility index (Phi) is 2.00. The first kappa shape index (κ1) is 8.56. The van der Waals surface area contributed by atoms with Gasteiger partial charge in [-0.1, -0.05) is 0 Å². The monoisotopic (exact) mass is 244 g/mol. The SMILES string of the molecule is COc1c(Br)cc(F)c2occc12. The van der Waals surface area contributed by atoms with Crippen molar-refractivity contribution in [2.45, 2.75) is 0 Å². The molecule has 0 unspecified atom stereocenters. The maximum atomic E-state index is 13.2. The number of benzene rings is 1. The first-order chi connectivity index (χ1) is 6.24. The summed E-state index contributed by atoms with van der Waals surface area (Å²) in [4.78, 5) is 0. The van der Waals surface area contributed by atoms with Gasteiger partial charge in [0.25, 0.3) is 0 Å². The molecule has 1 aromatic heterocycles. The van der Waals surface area contributed by atoms with E-state index in [9.17, 15) is 4.39 Å². The minimum atomic E-state index is -0.396. The Bertz CT molecular complexity index is 450. The highest BCUT2D eigenvalue weighted by Crippen LogP contribution is 2.35. The lowest BCUT2D eigenvalue weighted by molar-refractivity contribution is 0.416. The van der Waals surface area contributed by atoms with E-state index in [0.29, 0.717) is 15.6 Å². The van der Waals surface area contributed by atoms with Crippen LogP contribution in [0.15, 0.2) is 27.3 Å². The van der Waals surface area contributed by atoms with E-state index >= 15 is 0 Å². The van der Waals surface area contributed by atoms with Crippen LogP contribution in [0, 0.1) is 5.82 Å². The number of fused-ring (bicyclic) bond motifs is 1. The van der Waals surface area contributed by atoms with E-state index in [1.165, 1.54) is 19.4 Å². The molecule has 0 saturated heterocycles. The third kappa shape index (κ3) is 1.21. The second-order valence-corrected chi connectivity index (χ2v) is 3.39. The van der Waals surface area contributed by atoms with Gasteiger partial charge in [-0.2, -0.15) is 0 Å². The van der Waals surface area contributed by atoms with E-state index in [4.69, 9.17) is 9.15 Å². The Balaban J connectivity index is 2.88. The Morgan fingerprint density at radius 2 is 2.31 bits per heavy atom. The van der Waals surface area contributed by atoms with Crippen LogP contribution in [0.4, 0.5) is 4.39 Å². The third-order valence-electron chi connectivity index (χ3n) is 1.80. The van der Waals surface area contributed by atoms with Gasteiger partial charge in [-0.15, -0.1) is 0 Å². The fraction of sp³-hybridized carbons (Fsp3) is 0.111. The fourth-order valence-corrected chi connectivity index (χ4v) is 1.83. The highest BCUT2D eigenvalue weighted by molar-refractivity contribution is 9.10. The predicted octanol–water partition coefficient (Wildman–Crippen LogP) is 3.34. The topological polar surface area (TPSA) is 22.4 Å². The van der Waals surface area contributed by atoms with Crippen LogP contribution in [-0.2, 0) is 0 Å². The van der Waals surface area contributed by atoms with Gasteiger partial charge in [-0.25, -0.2) is 4.39 Å². The number of ether oxygens (including phenoxy) is 1. The summed E-state index contributed by atoms with van der Waals surface area (Å²) < 4.78 is 23.9. The Morgan fingerprint density at radius 3 is 3.00 bits per heavy atom. The summed E-state index contributed by atoms with van der Waals surface area (Å²) in [5.74, 6) is 0.192. The van der Waals surface area contributed by atoms with Crippen LogP contribution in [0.5, 0.6) is 5.75 Å². The molecular weight excluding hydrogens is 239 g/mol. The summed E-state index contributed by atoms with van der Waals surface area (Å²) in [7, 11) is 1.53. The molecule has 0 aliphatic heterocycles. The van der Waals surface area contributed by atoms with E-state index in [-0.39, 0.29) is 5.58 Å². The first-order valence-corrected chi connectivity index (χ1v) is 4.42. The molecule has 1 aromatic carbocycles. The quantitative estimate of drug-likeness (QED) is 0.768. The molecule has 2 aromatic rings. The molecule has 0 saturated carbocycles. The second kappa shape index (κ2) is 3.03. The van der Waals surface area contributed by atoms with E-state index in [0.717, 1.165) is 0 Å². The van der Waals surface area contributed by atoms with Gasteiger partial charge < -0.3 is 9.15 Å². The molecule has 0 fully saturated rings. The van der Waals surface area contributed by atoms with Crippen LogP contribution >= 0.6 is 15.9 Å². The zero-order valence-corrected chi connectivity index (χ0v) is 8.39. The van der Waals surface area contributed by atoms with Crippen LogP contribution in [0.1, 0.15) is 0 Å². The summed E-state index contributed by atoms with van der Waals surface area (Å²) in [5.41, 5.74) is 0.222. The predicted molar refractivity (Wildman–Crippen MR) is 50.4 cm³/mol. The van der Waals surface area contributed by atoms with Crippen LogP contribution < -0.4 is 4.74 Å². The average molecular weight is 245 g/mol. The Morgan fingerprint density at radius 1 is 1.54 bits per heavy atom. The molecule has 0 radical (unpaired) electrons. The average Bonchev–Trinajstić information content (AvgIpc) is 2.53. The van der Waals surface area contributed by atoms with Crippen molar-refractivity contribution in [1.82, 2.24) is 0 Å². The van der Waals surface area contributed by atoms with Crippen molar-refractivity contribution in [3.8, 4) is 5.75 Å². The van der Waals surface area contributed by atoms with Crippen molar-refractivity contribution in [1.29, 1.82) is 0 Å². The summed E-state index contributed by atoms with van der Waals surface area (Å²) >= 11 is 3.21. The maximum Gasteiger partial charge on any atom is 0.173 e. The molecule has 0 aliphatic carbocycles. The number of rotatable bonds is 1. The molecule has 0 atom stereocenters. The minimum absolute atomic E-state index is 0.222. The minimum Gasteiger partial charge on any atom is -0.495 e.